The zero-order chi connectivity index (χ0) is 12.1. The number of nitrogens with one attached hydrogen (secondary N) is 2. The van der Waals surface area contributed by atoms with Crippen LogP contribution in [0.1, 0.15) is 6.92 Å². The van der Waals surface area contributed by atoms with E-state index in [0.717, 1.165) is 29.9 Å². The second-order valence-electron chi connectivity index (χ2n) is 3.97. The minimum Gasteiger partial charge on any atom is -0.464 e. The smallest absolute Gasteiger partial charge is 0.139 e. The van der Waals surface area contributed by atoms with Crippen molar-refractivity contribution in [3.05, 3.63) is 24.6 Å². The van der Waals surface area contributed by atoms with Crippen LogP contribution in [0.15, 0.2) is 29.0 Å². The highest BCUT2D eigenvalue weighted by Crippen LogP contribution is 2.21. The molecule has 2 rings (SSSR count). The molecule has 92 valence electrons. The predicted octanol–water partition coefficient (Wildman–Crippen LogP) is 1.21. The molecule has 17 heavy (non-hydrogen) atoms. The average molecular weight is 235 g/mol. The lowest BCUT2D eigenvalue weighted by Crippen LogP contribution is -2.29. The maximum absolute atomic E-state index is 9.07. The summed E-state index contributed by atoms with van der Waals surface area (Å²) in [6.45, 7) is 3.89. The summed E-state index contributed by atoms with van der Waals surface area (Å²) in [6.07, 6.45) is 3.06. The van der Waals surface area contributed by atoms with Crippen LogP contribution in [0.4, 0.5) is 5.82 Å². The summed E-state index contributed by atoms with van der Waals surface area (Å²) in [5.41, 5.74) is 0.833. The second kappa shape index (κ2) is 5.65. The van der Waals surface area contributed by atoms with Gasteiger partial charge in [0.1, 0.15) is 11.4 Å². The molecule has 0 aromatic carbocycles. The normalized spacial score (nSPS) is 12.8. The highest BCUT2D eigenvalue weighted by Gasteiger charge is 2.03. The van der Waals surface area contributed by atoms with E-state index in [1.165, 1.54) is 0 Å². The van der Waals surface area contributed by atoms with Gasteiger partial charge >= 0.3 is 0 Å². The van der Waals surface area contributed by atoms with Crippen molar-refractivity contribution >= 4 is 16.8 Å². The van der Waals surface area contributed by atoms with Gasteiger partial charge in [-0.1, -0.05) is 0 Å². The summed E-state index contributed by atoms with van der Waals surface area (Å²) >= 11 is 0. The number of anilines is 1. The van der Waals surface area contributed by atoms with E-state index in [4.69, 9.17) is 9.52 Å². The van der Waals surface area contributed by atoms with Gasteiger partial charge in [0.25, 0.3) is 0 Å². The molecule has 0 amide bonds. The van der Waals surface area contributed by atoms with E-state index in [1.54, 1.807) is 19.4 Å². The molecule has 0 spiro atoms. The van der Waals surface area contributed by atoms with E-state index in [9.17, 15) is 0 Å². The Labute approximate surface area is 99.8 Å². The molecule has 0 fully saturated rings. The monoisotopic (exact) mass is 235 g/mol. The van der Waals surface area contributed by atoms with Crippen LogP contribution in [0.3, 0.4) is 0 Å². The van der Waals surface area contributed by atoms with Crippen molar-refractivity contribution in [3.8, 4) is 0 Å². The van der Waals surface area contributed by atoms with Gasteiger partial charge in [-0.15, -0.1) is 0 Å². The third-order valence-corrected chi connectivity index (χ3v) is 2.41. The fourth-order valence-corrected chi connectivity index (χ4v) is 1.62. The first kappa shape index (κ1) is 11.9. The van der Waals surface area contributed by atoms with Crippen LogP contribution in [0.2, 0.25) is 0 Å². The van der Waals surface area contributed by atoms with E-state index in [0.29, 0.717) is 6.54 Å². The van der Waals surface area contributed by atoms with Crippen molar-refractivity contribution in [1.82, 2.24) is 10.3 Å². The van der Waals surface area contributed by atoms with E-state index >= 15 is 0 Å². The predicted molar refractivity (Wildman–Crippen MR) is 67.0 cm³/mol. The summed E-state index contributed by atoms with van der Waals surface area (Å²) < 4.78 is 5.29. The number of rotatable bonds is 6. The number of hydrogen-bond acceptors (Lipinski definition) is 5. The molecule has 0 aliphatic carbocycles. The minimum atomic E-state index is -0.314. The lowest BCUT2D eigenvalue weighted by molar-refractivity contribution is 0.192. The number of aromatic nitrogens is 1. The molecule has 2 aromatic heterocycles. The average Bonchev–Trinajstić information content (AvgIpc) is 2.77. The molecule has 0 aliphatic heterocycles. The maximum atomic E-state index is 9.07. The standard InChI is InChI=1S/C12H17N3O2/c1-9(16)8-13-5-6-15-12-10-3-7-17-11(10)2-4-14-12/h2-4,7,9,13,16H,5-6,8H2,1H3,(H,14,15). The first-order chi connectivity index (χ1) is 8.27. The maximum Gasteiger partial charge on any atom is 0.139 e. The SMILES string of the molecule is CC(O)CNCCNc1nccc2occc12. The number of pyridine rings is 1. The van der Waals surface area contributed by atoms with Crippen molar-refractivity contribution in [2.75, 3.05) is 25.0 Å². The quantitative estimate of drug-likeness (QED) is 0.656. The molecular weight excluding hydrogens is 218 g/mol. The summed E-state index contributed by atoms with van der Waals surface area (Å²) in [6, 6.07) is 3.74. The molecular formula is C12H17N3O2. The van der Waals surface area contributed by atoms with Gasteiger partial charge in [-0.25, -0.2) is 4.98 Å². The molecule has 0 saturated heterocycles. The van der Waals surface area contributed by atoms with Crippen molar-refractivity contribution in [2.24, 2.45) is 0 Å². The molecule has 2 heterocycles. The van der Waals surface area contributed by atoms with Gasteiger partial charge in [-0.2, -0.15) is 0 Å². The number of nitrogens with zero attached hydrogens (tertiary/aromatic N) is 1. The van der Waals surface area contributed by atoms with E-state index in [1.807, 2.05) is 12.1 Å². The van der Waals surface area contributed by atoms with Crippen LogP contribution in [0.5, 0.6) is 0 Å². The number of aliphatic hydroxyl groups is 1. The molecule has 0 saturated carbocycles. The van der Waals surface area contributed by atoms with Gasteiger partial charge in [0, 0.05) is 25.8 Å². The highest BCUT2D eigenvalue weighted by molar-refractivity contribution is 5.87. The number of furan rings is 1. The number of hydrogen-bond donors (Lipinski definition) is 3. The Morgan fingerprint density at radius 3 is 3.12 bits per heavy atom. The lowest BCUT2D eigenvalue weighted by atomic mass is 10.3. The topological polar surface area (TPSA) is 70.3 Å². The highest BCUT2D eigenvalue weighted by atomic mass is 16.3. The Kier molecular flexibility index (Phi) is 3.95. The van der Waals surface area contributed by atoms with Crippen LogP contribution in [0.25, 0.3) is 11.0 Å². The molecule has 1 unspecified atom stereocenters. The Morgan fingerprint density at radius 1 is 1.41 bits per heavy atom. The van der Waals surface area contributed by atoms with E-state index in [-0.39, 0.29) is 6.10 Å². The molecule has 2 aromatic rings. The first-order valence-electron chi connectivity index (χ1n) is 5.72. The molecule has 5 nitrogen and oxygen atoms in total. The summed E-state index contributed by atoms with van der Waals surface area (Å²) in [4.78, 5) is 4.26. The van der Waals surface area contributed by atoms with Crippen molar-refractivity contribution in [2.45, 2.75) is 13.0 Å². The first-order valence-corrected chi connectivity index (χ1v) is 5.72. The van der Waals surface area contributed by atoms with Gasteiger partial charge in [-0.05, 0) is 19.1 Å². The van der Waals surface area contributed by atoms with Crippen LogP contribution in [-0.2, 0) is 0 Å². The minimum absolute atomic E-state index is 0.314. The van der Waals surface area contributed by atoms with Gasteiger partial charge in [0.05, 0.1) is 17.8 Å². The van der Waals surface area contributed by atoms with E-state index in [2.05, 4.69) is 15.6 Å². The largest absolute Gasteiger partial charge is 0.464 e. The molecule has 0 radical (unpaired) electrons. The molecule has 3 N–H and O–H groups in total. The number of fused-ring (bicyclic) bond motifs is 1. The Hall–Kier alpha value is -1.59. The van der Waals surface area contributed by atoms with Crippen LogP contribution in [0, 0.1) is 0 Å². The molecule has 1 atom stereocenters. The summed E-state index contributed by atoms with van der Waals surface area (Å²) in [5.74, 6) is 0.829. The van der Waals surface area contributed by atoms with Crippen molar-refractivity contribution < 1.29 is 9.52 Å². The Balaban J connectivity index is 1.84. The van der Waals surface area contributed by atoms with Gasteiger partial charge in [0.15, 0.2) is 0 Å². The fraction of sp³-hybridized carbons (Fsp3) is 0.417. The van der Waals surface area contributed by atoms with Crippen LogP contribution < -0.4 is 10.6 Å². The lowest BCUT2D eigenvalue weighted by Gasteiger charge is -2.08. The fourth-order valence-electron chi connectivity index (χ4n) is 1.62. The second-order valence-corrected chi connectivity index (χ2v) is 3.97. The molecule has 5 heteroatoms. The van der Waals surface area contributed by atoms with Crippen molar-refractivity contribution in [1.29, 1.82) is 0 Å². The number of aliphatic hydroxyl groups excluding tert-OH is 1. The van der Waals surface area contributed by atoms with Crippen LogP contribution in [-0.4, -0.2) is 35.8 Å². The summed E-state index contributed by atoms with van der Waals surface area (Å²) in [5, 5.41) is 16.4. The third kappa shape index (κ3) is 3.18. The molecule has 0 bridgehead atoms. The van der Waals surface area contributed by atoms with Gasteiger partial charge in [0.2, 0.25) is 0 Å². The van der Waals surface area contributed by atoms with Crippen LogP contribution >= 0.6 is 0 Å². The van der Waals surface area contributed by atoms with Gasteiger partial charge < -0.3 is 20.2 Å². The zero-order valence-electron chi connectivity index (χ0n) is 9.81. The molecule has 0 aliphatic rings. The van der Waals surface area contributed by atoms with Crippen molar-refractivity contribution in [3.63, 3.8) is 0 Å². The zero-order valence-corrected chi connectivity index (χ0v) is 9.81. The Bertz CT molecular complexity index is 467. The Morgan fingerprint density at radius 2 is 2.29 bits per heavy atom. The summed E-state index contributed by atoms with van der Waals surface area (Å²) in [7, 11) is 0. The van der Waals surface area contributed by atoms with Gasteiger partial charge in [-0.3, -0.25) is 0 Å². The van der Waals surface area contributed by atoms with E-state index < -0.39 is 0 Å². The third-order valence-electron chi connectivity index (χ3n) is 2.41.